The lowest BCUT2D eigenvalue weighted by Gasteiger charge is -2.10. The Bertz CT molecular complexity index is 725. The Morgan fingerprint density at radius 1 is 1.00 bits per heavy atom. The average Bonchev–Trinajstić information content (AvgIpc) is 2.48. The van der Waals surface area contributed by atoms with Crippen LogP contribution < -0.4 is 10.6 Å². The average molecular weight is 349 g/mol. The van der Waals surface area contributed by atoms with Gasteiger partial charge in [0.2, 0.25) is 5.91 Å². The summed E-state index contributed by atoms with van der Waals surface area (Å²) in [7, 11) is 0. The summed E-state index contributed by atoms with van der Waals surface area (Å²) < 4.78 is 39.2. The molecule has 0 saturated heterocycles. The maximum atomic E-state index is 13.4. The Kier molecular flexibility index (Phi) is 5.15. The largest absolute Gasteiger partial charge is 0.374 e. The van der Waals surface area contributed by atoms with Crippen LogP contribution in [0, 0.1) is 17.5 Å². The van der Waals surface area contributed by atoms with Crippen molar-refractivity contribution in [2.75, 3.05) is 17.2 Å². The predicted molar refractivity (Wildman–Crippen MR) is 79.9 cm³/mol. The predicted octanol–water partition coefficient (Wildman–Crippen LogP) is 4.46. The monoisotopic (exact) mass is 348 g/mol. The second-order valence-electron chi connectivity index (χ2n) is 4.25. The Labute approximate surface area is 134 Å². The first-order chi connectivity index (χ1) is 10.4. The van der Waals surface area contributed by atoms with Crippen molar-refractivity contribution in [3.05, 3.63) is 57.8 Å². The fourth-order valence-electron chi connectivity index (χ4n) is 1.63. The van der Waals surface area contributed by atoms with E-state index in [4.69, 9.17) is 23.2 Å². The topological polar surface area (TPSA) is 41.1 Å². The van der Waals surface area contributed by atoms with E-state index in [1.807, 2.05) is 0 Å². The molecule has 0 radical (unpaired) electrons. The van der Waals surface area contributed by atoms with Crippen molar-refractivity contribution in [2.24, 2.45) is 0 Å². The summed E-state index contributed by atoms with van der Waals surface area (Å²) in [5.41, 5.74) is -0.0435. The molecule has 8 heteroatoms. The highest BCUT2D eigenvalue weighted by Gasteiger charge is 2.14. The van der Waals surface area contributed by atoms with Crippen LogP contribution in [0.3, 0.4) is 0 Å². The number of nitrogens with one attached hydrogen (secondary N) is 2. The van der Waals surface area contributed by atoms with Gasteiger partial charge < -0.3 is 10.6 Å². The minimum absolute atomic E-state index is 0.275. The highest BCUT2D eigenvalue weighted by atomic mass is 35.5. The van der Waals surface area contributed by atoms with Gasteiger partial charge in [-0.25, -0.2) is 13.2 Å². The normalized spacial score (nSPS) is 10.4. The van der Waals surface area contributed by atoms with Gasteiger partial charge >= 0.3 is 0 Å². The fraction of sp³-hybridized carbons (Fsp3) is 0.0714. The number of carbonyl (C=O) groups excluding carboxylic acids is 1. The molecule has 2 aromatic rings. The van der Waals surface area contributed by atoms with Crippen LogP contribution in [-0.4, -0.2) is 12.5 Å². The van der Waals surface area contributed by atoms with Crippen molar-refractivity contribution in [3.8, 4) is 0 Å². The molecular weight excluding hydrogens is 340 g/mol. The van der Waals surface area contributed by atoms with Crippen molar-refractivity contribution in [1.82, 2.24) is 0 Å². The lowest BCUT2D eigenvalue weighted by Crippen LogP contribution is -2.22. The molecule has 0 aliphatic heterocycles. The molecule has 0 aliphatic carbocycles. The number of halogens is 5. The summed E-state index contributed by atoms with van der Waals surface area (Å²) in [5, 5.41) is 5.47. The van der Waals surface area contributed by atoms with Gasteiger partial charge in [-0.3, -0.25) is 4.79 Å². The second-order valence-corrected chi connectivity index (χ2v) is 5.09. The van der Waals surface area contributed by atoms with E-state index in [0.29, 0.717) is 5.02 Å². The summed E-state index contributed by atoms with van der Waals surface area (Å²) in [5.74, 6) is -4.87. The highest BCUT2D eigenvalue weighted by molar-refractivity contribution is 6.35. The zero-order valence-electron chi connectivity index (χ0n) is 10.9. The van der Waals surface area contributed by atoms with Crippen LogP contribution in [0.15, 0.2) is 30.3 Å². The number of rotatable bonds is 4. The number of hydrogen-bond acceptors (Lipinski definition) is 2. The number of hydrogen-bond donors (Lipinski definition) is 2. The van der Waals surface area contributed by atoms with Gasteiger partial charge in [-0.1, -0.05) is 23.2 Å². The molecule has 1 amide bonds. The molecule has 0 bridgehead atoms. The molecule has 0 atom stereocenters. The Morgan fingerprint density at radius 2 is 1.73 bits per heavy atom. The van der Waals surface area contributed by atoms with Crippen LogP contribution in [0.2, 0.25) is 10.0 Å². The Morgan fingerprint density at radius 3 is 2.45 bits per heavy atom. The quantitative estimate of drug-likeness (QED) is 0.801. The molecular formula is C14H9Cl2F3N2O. The first-order valence-electron chi connectivity index (χ1n) is 6.00. The van der Waals surface area contributed by atoms with Gasteiger partial charge in [0.25, 0.3) is 0 Å². The van der Waals surface area contributed by atoms with Gasteiger partial charge in [-0.05, 0) is 30.3 Å². The van der Waals surface area contributed by atoms with Crippen LogP contribution in [0.25, 0.3) is 0 Å². The van der Waals surface area contributed by atoms with Crippen molar-refractivity contribution >= 4 is 40.5 Å². The molecule has 0 aliphatic rings. The first kappa shape index (κ1) is 16.5. The minimum Gasteiger partial charge on any atom is -0.374 e. The first-order valence-corrected chi connectivity index (χ1v) is 6.76. The summed E-state index contributed by atoms with van der Waals surface area (Å²) in [6.07, 6.45) is 0. The molecule has 0 unspecified atom stereocenters. The number of benzene rings is 2. The number of carbonyl (C=O) groups is 1. The van der Waals surface area contributed by atoms with Crippen molar-refractivity contribution in [3.63, 3.8) is 0 Å². The maximum absolute atomic E-state index is 13.4. The fourth-order valence-corrected chi connectivity index (χ4v) is 1.96. The third kappa shape index (κ3) is 3.84. The zero-order valence-corrected chi connectivity index (χ0v) is 12.4. The third-order valence-corrected chi connectivity index (χ3v) is 3.24. The summed E-state index contributed by atoms with van der Waals surface area (Å²) in [6, 6.07) is 6.25. The SMILES string of the molecule is O=C(CNc1ccc(F)c(F)c1F)Nc1cc(Cl)ccc1Cl. The molecule has 22 heavy (non-hydrogen) atoms. The van der Waals surface area contributed by atoms with E-state index in [1.165, 1.54) is 12.1 Å². The van der Waals surface area contributed by atoms with Crippen molar-refractivity contribution in [2.45, 2.75) is 0 Å². The Balaban J connectivity index is 2.02. The third-order valence-electron chi connectivity index (χ3n) is 2.68. The molecule has 2 aromatic carbocycles. The zero-order chi connectivity index (χ0) is 16.3. The summed E-state index contributed by atoms with van der Waals surface area (Å²) in [4.78, 5) is 11.7. The van der Waals surface area contributed by atoms with E-state index in [2.05, 4.69) is 10.6 Å². The van der Waals surface area contributed by atoms with Crippen LogP contribution in [0.4, 0.5) is 24.5 Å². The molecule has 0 heterocycles. The van der Waals surface area contributed by atoms with Crippen LogP contribution >= 0.6 is 23.2 Å². The molecule has 116 valence electrons. The van der Waals surface area contributed by atoms with Crippen molar-refractivity contribution in [1.29, 1.82) is 0 Å². The van der Waals surface area contributed by atoms with E-state index < -0.39 is 23.4 Å². The molecule has 3 nitrogen and oxygen atoms in total. The van der Waals surface area contributed by atoms with Gasteiger partial charge in [-0.2, -0.15) is 0 Å². The van der Waals surface area contributed by atoms with Gasteiger partial charge in [0, 0.05) is 5.02 Å². The molecule has 0 aromatic heterocycles. The van der Waals surface area contributed by atoms with Crippen LogP contribution in [0.1, 0.15) is 0 Å². The van der Waals surface area contributed by atoms with E-state index in [9.17, 15) is 18.0 Å². The number of amides is 1. The Hall–Kier alpha value is -1.92. The highest BCUT2D eigenvalue weighted by Crippen LogP contribution is 2.25. The van der Waals surface area contributed by atoms with Gasteiger partial charge in [-0.15, -0.1) is 0 Å². The molecule has 0 fully saturated rings. The van der Waals surface area contributed by atoms with Crippen molar-refractivity contribution < 1.29 is 18.0 Å². The van der Waals surface area contributed by atoms with Crippen LogP contribution in [-0.2, 0) is 4.79 Å². The maximum Gasteiger partial charge on any atom is 0.243 e. The van der Waals surface area contributed by atoms with E-state index in [1.54, 1.807) is 6.07 Å². The van der Waals surface area contributed by atoms with Crippen LogP contribution in [0.5, 0.6) is 0 Å². The lowest BCUT2D eigenvalue weighted by atomic mass is 10.2. The number of anilines is 2. The summed E-state index contributed by atoms with van der Waals surface area (Å²) >= 11 is 11.6. The van der Waals surface area contributed by atoms with E-state index in [0.717, 1.165) is 12.1 Å². The lowest BCUT2D eigenvalue weighted by molar-refractivity contribution is -0.114. The standard InChI is InChI=1S/C14H9Cl2F3N2O/c15-7-1-2-8(16)11(5-7)21-12(22)6-20-10-4-3-9(17)13(18)14(10)19/h1-5,20H,6H2,(H,21,22). The molecule has 2 N–H and O–H groups in total. The molecule has 0 saturated carbocycles. The molecule has 0 spiro atoms. The smallest absolute Gasteiger partial charge is 0.243 e. The van der Waals surface area contributed by atoms with Gasteiger partial charge in [0.05, 0.1) is 22.9 Å². The van der Waals surface area contributed by atoms with Gasteiger partial charge in [0.15, 0.2) is 17.5 Å². The summed E-state index contributed by atoms with van der Waals surface area (Å²) in [6.45, 7) is -0.370. The molecule has 2 rings (SSSR count). The van der Waals surface area contributed by atoms with E-state index >= 15 is 0 Å². The van der Waals surface area contributed by atoms with Gasteiger partial charge in [0.1, 0.15) is 0 Å². The van der Waals surface area contributed by atoms with E-state index in [-0.39, 0.29) is 22.9 Å². The minimum atomic E-state index is -1.61. The second kappa shape index (κ2) is 6.89.